The van der Waals surface area contributed by atoms with Crippen molar-refractivity contribution in [2.45, 2.75) is 25.3 Å². The molecular formula is C13H15N3OS2. The molecule has 1 amide bonds. The van der Waals surface area contributed by atoms with Crippen LogP contribution in [0.4, 0.5) is 0 Å². The molecule has 0 bridgehead atoms. The average molecular weight is 293 g/mol. The van der Waals surface area contributed by atoms with Gasteiger partial charge in [0.15, 0.2) is 0 Å². The number of hydrogen-bond acceptors (Lipinski definition) is 5. The van der Waals surface area contributed by atoms with Crippen molar-refractivity contribution < 1.29 is 4.79 Å². The number of carbonyl (C=O) groups is 1. The van der Waals surface area contributed by atoms with E-state index in [4.69, 9.17) is 0 Å². The Labute approximate surface area is 120 Å². The molecule has 100 valence electrons. The standard InChI is InChI=1S/C13H15N3OS2/c17-12(14-10-4-2-6-18-8-10)7-9-3-1-5-11-13(9)16-19-15-11/h1,3,5,10H,2,4,6-8H2,(H,14,17). The summed E-state index contributed by atoms with van der Waals surface area (Å²) in [6, 6.07) is 6.15. The van der Waals surface area contributed by atoms with E-state index < -0.39 is 0 Å². The number of fused-ring (bicyclic) bond motifs is 1. The molecule has 0 aliphatic carbocycles. The second kappa shape index (κ2) is 5.88. The summed E-state index contributed by atoms with van der Waals surface area (Å²) in [5, 5.41) is 3.12. The number of amides is 1. The predicted molar refractivity (Wildman–Crippen MR) is 79.6 cm³/mol. The van der Waals surface area contributed by atoms with E-state index in [1.54, 1.807) is 0 Å². The highest BCUT2D eigenvalue weighted by Crippen LogP contribution is 2.19. The lowest BCUT2D eigenvalue weighted by atomic mass is 10.1. The van der Waals surface area contributed by atoms with Crippen molar-refractivity contribution in [1.82, 2.24) is 14.1 Å². The van der Waals surface area contributed by atoms with Gasteiger partial charge < -0.3 is 5.32 Å². The van der Waals surface area contributed by atoms with Gasteiger partial charge in [0.25, 0.3) is 0 Å². The monoisotopic (exact) mass is 293 g/mol. The van der Waals surface area contributed by atoms with Crippen LogP contribution in [0.3, 0.4) is 0 Å². The van der Waals surface area contributed by atoms with Crippen LogP contribution in [0, 0.1) is 0 Å². The van der Waals surface area contributed by atoms with Gasteiger partial charge in [-0.3, -0.25) is 4.79 Å². The highest BCUT2D eigenvalue weighted by molar-refractivity contribution is 7.99. The Bertz CT molecular complexity index is 578. The zero-order valence-corrected chi connectivity index (χ0v) is 12.1. The van der Waals surface area contributed by atoms with Crippen molar-refractivity contribution in [3.8, 4) is 0 Å². The van der Waals surface area contributed by atoms with Crippen molar-refractivity contribution in [2.75, 3.05) is 11.5 Å². The fourth-order valence-corrected chi connectivity index (χ4v) is 3.95. The second-order valence-electron chi connectivity index (χ2n) is 4.71. The number of benzene rings is 1. The van der Waals surface area contributed by atoms with Gasteiger partial charge in [0.1, 0.15) is 11.0 Å². The first kappa shape index (κ1) is 12.9. The molecule has 3 rings (SSSR count). The fraction of sp³-hybridized carbons (Fsp3) is 0.462. The molecule has 0 spiro atoms. The molecule has 2 aromatic rings. The van der Waals surface area contributed by atoms with E-state index in [2.05, 4.69) is 14.1 Å². The predicted octanol–water partition coefficient (Wildman–Crippen LogP) is 2.25. The maximum Gasteiger partial charge on any atom is 0.224 e. The summed E-state index contributed by atoms with van der Waals surface area (Å²) in [4.78, 5) is 12.1. The molecular weight excluding hydrogens is 278 g/mol. The first-order valence-corrected chi connectivity index (χ1v) is 8.29. The lowest BCUT2D eigenvalue weighted by Gasteiger charge is -2.22. The molecule has 1 N–H and O–H groups in total. The first-order valence-electron chi connectivity index (χ1n) is 6.40. The summed E-state index contributed by atoms with van der Waals surface area (Å²) in [5.41, 5.74) is 2.71. The number of aromatic nitrogens is 2. The Hall–Kier alpha value is -1.14. The van der Waals surface area contributed by atoms with Crippen LogP contribution in [0.25, 0.3) is 11.0 Å². The topological polar surface area (TPSA) is 54.9 Å². The lowest BCUT2D eigenvalue weighted by Crippen LogP contribution is -2.39. The molecule has 1 aliphatic heterocycles. The summed E-state index contributed by atoms with van der Waals surface area (Å²) in [6.45, 7) is 0. The van der Waals surface area contributed by atoms with Crippen LogP contribution < -0.4 is 5.32 Å². The van der Waals surface area contributed by atoms with Gasteiger partial charge in [-0.2, -0.15) is 20.5 Å². The second-order valence-corrected chi connectivity index (χ2v) is 6.39. The number of thioether (sulfide) groups is 1. The largest absolute Gasteiger partial charge is 0.352 e. The highest BCUT2D eigenvalue weighted by Gasteiger charge is 2.17. The Morgan fingerprint density at radius 1 is 1.42 bits per heavy atom. The van der Waals surface area contributed by atoms with Crippen molar-refractivity contribution in [3.05, 3.63) is 23.8 Å². The molecule has 1 aromatic carbocycles. The fourth-order valence-electron chi connectivity index (χ4n) is 2.31. The Morgan fingerprint density at radius 2 is 2.37 bits per heavy atom. The molecule has 0 radical (unpaired) electrons. The summed E-state index contributed by atoms with van der Waals surface area (Å²) in [7, 11) is 0. The molecule has 1 fully saturated rings. The number of nitrogens with zero attached hydrogens (tertiary/aromatic N) is 2. The SMILES string of the molecule is O=C(Cc1cccc2nsnc12)NC1CCCSC1. The molecule has 1 unspecified atom stereocenters. The van der Waals surface area contributed by atoms with Crippen molar-refractivity contribution >= 4 is 40.4 Å². The summed E-state index contributed by atoms with van der Waals surface area (Å²) in [5.74, 6) is 2.35. The third kappa shape index (κ3) is 3.06. The first-order chi connectivity index (χ1) is 9.33. The van der Waals surface area contributed by atoms with E-state index in [-0.39, 0.29) is 5.91 Å². The number of nitrogens with one attached hydrogen (secondary N) is 1. The third-order valence-corrected chi connectivity index (χ3v) is 5.00. The van der Waals surface area contributed by atoms with Crippen LogP contribution in [-0.2, 0) is 11.2 Å². The quantitative estimate of drug-likeness (QED) is 0.943. The molecule has 6 heteroatoms. The van der Waals surface area contributed by atoms with Gasteiger partial charge in [-0.25, -0.2) is 0 Å². The molecule has 19 heavy (non-hydrogen) atoms. The van der Waals surface area contributed by atoms with E-state index in [1.165, 1.54) is 23.9 Å². The summed E-state index contributed by atoms with van der Waals surface area (Å²) >= 11 is 3.11. The average Bonchev–Trinajstić information content (AvgIpc) is 2.89. The van der Waals surface area contributed by atoms with Gasteiger partial charge in [0, 0.05) is 11.8 Å². The van der Waals surface area contributed by atoms with Crippen molar-refractivity contribution in [2.24, 2.45) is 0 Å². The van der Waals surface area contributed by atoms with Crippen LogP contribution in [0.15, 0.2) is 18.2 Å². The van der Waals surface area contributed by atoms with Gasteiger partial charge in [0.05, 0.1) is 18.1 Å². The van der Waals surface area contributed by atoms with Gasteiger partial charge in [0.2, 0.25) is 5.91 Å². The van der Waals surface area contributed by atoms with Crippen LogP contribution in [0.2, 0.25) is 0 Å². The summed E-state index contributed by atoms with van der Waals surface area (Å²) < 4.78 is 8.46. The molecule has 4 nitrogen and oxygen atoms in total. The Balaban J connectivity index is 1.67. The van der Waals surface area contributed by atoms with E-state index in [1.807, 2.05) is 30.0 Å². The minimum Gasteiger partial charge on any atom is -0.352 e. The number of rotatable bonds is 3. The summed E-state index contributed by atoms with van der Waals surface area (Å²) in [6.07, 6.45) is 2.69. The molecule has 2 heterocycles. The zero-order chi connectivity index (χ0) is 13.1. The van der Waals surface area contributed by atoms with Crippen LogP contribution >= 0.6 is 23.5 Å². The van der Waals surface area contributed by atoms with Crippen molar-refractivity contribution in [3.63, 3.8) is 0 Å². The van der Waals surface area contributed by atoms with Crippen molar-refractivity contribution in [1.29, 1.82) is 0 Å². The smallest absolute Gasteiger partial charge is 0.224 e. The Kier molecular flexibility index (Phi) is 3.98. The van der Waals surface area contributed by atoms with Crippen LogP contribution in [0.1, 0.15) is 18.4 Å². The third-order valence-electron chi connectivity index (χ3n) is 3.25. The molecule has 0 saturated carbocycles. The van der Waals surface area contributed by atoms with E-state index >= 15 is 0 Å². The lowest BCUT2D eigenvalue weighted by molar-refractivity contribution is -0.121. The maximum absolute atomic E-state index is 12.1. The van der Waals surface area contributed by atoms with Crippen LogP contribution in [0.5, 0.6) is 0 Å². The van der Waals surface area contributed by atoms with Gasteiger partial charge in [-0.05, 0) is 30.2 Å². The molecule has 1 atom stereocenters. The van der Waals surface area contributed by atoms with E-state index in [0.29, 0.717) is 12.5 Å². The normalized spacial score (nSPS) is 19.5. The minimum atomic E-state index is 0.0907. The van der Waals surface area contributed by atoms with E-state index in [9.17, 15) is 4.79 Å². The molecule has 1 saturated heterocycles. The minimum absolute atomic E-state index is 0.0907. The number of carbonyl (C=O) groups excluding carboxylic acids is 1. The number of hydrogen-bond donors (Lipinski definition) is 1. The van der Waals surface area contributed by atoms with Gasteiger partial charge >= 0.3 is 0 Å². The molecule has 1 aromatic heterocycles. The Morgan fingerprint density at radius 3 is 3.21 bits per heavy atom. The molecule has 1 aliphatic rings. The van der Waals surface area contributed by atoms with Gasteiger partial charge in [-0.1, -0.05) is 12.1 Å². The van der Waals surface area contributed by atoms with E-state index in [0.717, 1.165) is 28.8 Å². The zero-order valence-electron chi connectivity index (χ0n) is 10.5. The maximum atomic E-state index is 12.1. The highest BCUT2D eigenvalue weighted by atomic mass is 32.2. The van der Waals surface area contributed by atoms with Crippen LogP contribution in [-0.4, -0.2) is 32.2 Å². The van der Waals surface area contributed by atoms with Gasteiger partial charge in [-0.15, -0.1) is 0 Å².